The Labute approximate surface area is 192 Å². The van der Waals surface area contributed by atoms with E-state index in [0.29, 0.717) is 21.3 Å². The summed E-state index contributed by atoms with van der Waals surface area (Å²) < 4.78 is 35.8. The molecule has 4 aliphatic heterocycles. The molecule has 0 aromatic rings. The fourth-order valence-electron chi connectivity index (χ4n) is 4.66. The van der Waals surface area contributed by atoms with Crippen LogP contribution in [0.5, 0.6) is 0 Å². The molecule has 4 rings (SSSR count). The van der Waals surface area contributed by atoms with Crippen LogP contribution in [0.25, 0.3) is 0 Å². The summed E-state index contributed by atoms with van der Waals surface area (Å²) >= 11 is 0. The van der Waals surface area contributed by atoms with Crippen LogP contribution < -0.4 is 0 Å². The number of hydrogen-bond acceptors (Lipinski definition) is 8. The molecule has 4 amide bonds. The highest BCUT2D eigenvalue weighted by Gasteiger charge is 2.52. The Bertz CT molecular complexity index is 1050. The molecule has 2 saturated heterocycles. The van der Waals surface area contributed by atoms with E-state index in [9.17, 15) is 28.5 Å². The smallest absolute Gasteiger partial charge is 0.301 e. The van der Waals surface area contributed by atoms with Crippen LogP contribution in [-0.4, -0.2) is 77.7 Å². The van der Waals surface area contributed by atoms with Gasteiger partial charge in [0.15, 0.2) is 0 Å². The van der Waals surface area contributed by atoms with Gasteiger partial charge in [0.05, 0.1) is 25.2 Å². The molecule has 176 valence electrons. The third-order valence-corrected chi connectivity index (χ3v) is 6.94. The molecular weight excluding hydrogens is 452 g/mol. The average molecular weight is 477 g/mol. The van der Waals surface area contributed by atoms with Gasteiger partial charge in [-0.15, -0.1) is 8.57 Å². The highest BCUT2D eigenvalue weighted by Crippen LogP contribution is 2.36. The van der Waals surface area contributed by atoms with E-state index in [0.717, 1.165) is 0 Å². The molecule has 33 heavy (non-hydrogen) atoms. The number of amides is 4. The fraction of sp³-hybridized carbons (Fsp3) is 0.600. The van der Waals surface area contributed by atoms with Crippen LogP contribution in [0.3, 0.4) is 0 Å². The summed E-state index contributed by atoms with van der Waals surface area (Å²) in [6.45, 7) is 7.66. The number of fused-ring (bicyclic) bond motifs is 4. The second-order valence-electron chi connectivity index (χ2n) is 8.90. The third kappa shape index (κ3) is 3.72. The van der Waals surface area contributed by atoms with Crippen molar-refractivity contribution in [1.82, 2.24) is 19.9 Å². The molecule has 0 N–H and O–H groups in total. The number of hydrogen-bond donors (Lipinski definition) is 0. The number of urea groups is 2. The van der Waals surface area contributed by atoms with E-state index in [2.05, 4.69) is 0 Å². The molecule has 4 aliphatic rings. The van der Waals surface area contributed by atoms with Crippen molar-refractivity contribution in [2.24, 2.45) is 11.8 Å². The van der Waals surface area contributed by atoms with Crippen LogP contribution >= 0.6 is 0 Å². The zero-order valence-corrected chi connectivity index (χ0v) is 19.4. The maximum atomic E-state index is 12.8. The summed E-state index contributed by atoms with van der Waals surface area (Å²) in [5.74, 6) is -0.134. The molecule has 4 atom stereocenters. The van der Waals surface area contributed by atoms with E-state index >= 15 is 0 Å². The summed E-state index contributed by atoms with van der Waals surface area (Å²) in [6.07, 6.45) is 3.27. The van der Waals surface area contributed by atoms with Crippen molar-refractivity contribution in [3.8, 4) is 12.1 Å². The van der Waals surface area contributed by atoms with Gasteiger partial charge in [0, 0.05) is 0 Å². The lowest BCUT2D eigenvalue weighted by atomic mass is 9.91. The predicted molar refractivity (Wildman–Crippen MR) is 111 cm³/mol. The normalized spacial score (nSPS) is 29.0. The molecule has 0 radical (unpaired) electrons. The van der Waals surface area contributed by atoms with E-state index in [4.69, 9.17) is 8.57 Å². The fourth-order valence-corrected chi connectivity index (χ4v) is 5.41. The summed E-state index contributed by atoms with van der Waals surface area (Å²) in [4.78, 5) is 28.0. The second kappa shape index (κ2) is 8.02. The summed E-state index contributed by atoms with van der Waals surface area (Å²) in [5, 5.41) is 20.2. The van der Waals surface area contributed by atoms with Gasteiger partial charge in [-0.25, -0.2) is 9.59 Å². The molecule has 2 fully saturated rings. The first-order valence-electron chi connectivity index (χ1n) is 10.5. The van der Waals surface area contributed by atoms with Gasteiger partial charge in [0.2, 0.25) is 0 Å². The Morgan fingerprint density at radius 2 is 1.21 bits per heavy atom. The zero-order chi connectivity index (χ0) is 24.2. The first-order valence-corrected chi connectivity index (χ1v) is 11.9. The van der Waals surface area contributed by atoms with Crippen LogP contribution in [-0.2, 0) is 19.0 Å². The van der Waals surface area contributed by atoms with Gasteiger partial charge in [0.1, 0.15) is 24.2 Å². The van der Waals surface area contributed by atoms with E-state index in [1.165, 1.54) is 9.80 Å². The van der Waals surface area contributed by atoms with Gasteiger partial charge in [-0.05, 0) is 35.1 Å². The monoisotopic (exact) mass is 476 g/mol. The summed E-state index contributed by atoms with van der Waals surface area (Å²) in [6, 6.07) is -0.632. The standard InChI is InChI=1S/C20H24N6O6S/c1-11(2)15-5-13(7-21)23-9-17(15)25(19(23)27)31-33(29,30)32-26-18-10-24(20(26)28)14(8-22)6-16(18)12(3)4/h5-6,11-14,17-18H,9-10H2,1-4H3/t13-,14-,17-,18-/m0/s1. The first-order chi connectivity index (χ1) is 15.5. The second-order valence-corrected chi connectivity index (χ2v) is 10.0. The van der Waals surface area contributed by atoms with Crippen molar-refractivity contribution in [2.45, 2.75) is 51.9 Å². The minimum absolute atomic E-state index is 0.0671. The molecule has 4 bridgehead atoms. The van der Waals surface area contributed by atoms with Crippen LogP contribution in [0.2, 0.25) is 0 Å². The Hall–Kier alpha value is -3.13. The summed E-state index contributed by atoms with van der Waals surface area (Å²) in [5.41, 5.74) is 1.39. The lowest BCUT2D eigenvalue weighted by molar-refractivity contribution is -0.0762. The van der Waals surface area contributed by atoms with Crippen molar-refractivity contribution < 1.29 is 26.6 Å². The van der Waals surface area contributed by atoms with Crippen molar-refractivity contribution >= 4 is 22.5 Å². The predicted octanol–water partition coefficient (Wildman–Crippen LogP) is 1.28. The van der Waals surface area contributed by atoms with E-state index < -0.39 is 46.6 Å². The van der Waals surface area contributed by atoms with Crippen molar-refractivity contribution in [3.05, 3.63) is 23.3 Å². The molecule has 0 spiro atoms. The Kier molecular flexibility index (Phi) is 5.60. The largest absolute Gasteiger partial charge is 0.442 e. The first kappa shape index (κ1) is 23.0. The van der Waals surface area contributed by atoms with Gasteiger partial charge in [-0.1, -0.05) is 27.7 Å². The molecule has 4 heterocycles. The topological polar surface area (TPSA) is 147 Å². The Morgan fingerprint density at radius 1 is 0.848 bits per heavy atom. The van der Waals surface area contributed by atoms with Gasteiger partial charge in [-0.3, -0.25) is 0 Å². The van der Waals surface area contributed by atoms with Crippen LogP contribution in [0.4, 0.5) is 9.59 Å². The highest BCUT2D eigenvalue weighted by atomic mass is 32.3. The van der Waals surface area contributed by atoms with Gasteiger partial charge < -0.3 is 9.80 Å². The molecular formula is C20H24N6O6S. The third-order valence-electron chi connectivity index (χ3n) is 6.26. The van der Waals surface area contributed by atoms with Gasteiger partial charge in [-0.2, -0.15) is 29.1 Å². The number of hydroxylamine groups is 4. The quantitative estimate of drug-likeness (QED) is 0.521. The maximum absolute atomic E-state index is 12.8. The van der Waals surface area contributed by atoms with Crippen LogP contribution in [0.1, 0.15) is 27.7 Å². The van der Waals surface area contributed by atoms with Crippen molar-refractivity contribution in [1.29, 1.82) is 10.5 Å². The van der Waals surface area contributed by atoms with Crippen molar-refractivity contribution in [2.75, 3.05) is 13.1 Å². The Morgan fingerprint density at radius 3 is 1.52 bits per heavy atom. The average Bonchev–Trinajstić information content (AvgIpc) is 3.16. The Balaban J connectivity index is 1.57. The lowest BCUT2D eigenvalue weighted by Gasteiger charge is -2.29. The maximum Gasteiger partial charge on any atom is 0.442 e. The van der Waals surface area contributed by atoms with E-state index in [1.54, 1.807) is 12.2 Å². The van der Waals surface area contributed by atoms with Crippen LogP contribution in [0, 0.1) is 34.5 Å². The van der Waals surface area contributed by atoms with E-state index in [1.807, 2.05) is 39.8 Å². The number of nitriles is 2. The minimum Gasteiger partial charge on any atom is -0.301 e. The minimum atomic E-state index is -4.90. The molecule has 0 saturated carbocycles. The SMILES string of the molecule is CC(C)C1=C[C@@H](C#N)N2C[C@@H]1N(OS(=O)(=O)ON1C(=O)N3C[C@H]1C(C(C)C)=C[C@H]3C#N)C2=O. The molecule has 0 unspecified atom stereocenters. The van der Waals surface area contributed by atoms with Gasteiger partial charge in [0.25, 0.3) is 0 Å². The van der Waals surface area contributed by atoms with Gasteiger partial charge >= 0.3 is 22.5 Å². The molecule has 0 aromatic heterocycles. The van der Waals surface area contributed by atoms with E-state index in [-0.39, 0.29) is 24.9 Å². The summed E-state index contributed by atoms with van der Waals surface area (Å²) in [7, 11) is -4.90. The number of carbonyl (C=O) groups excluding carboxylic acids is 2. The lowest BCUT2D eigenvalue weighted by Crippen LogP contribution is -2.42. The molecule has 0 aromatic carbocycles. The number of carbonyl (C=O) groups is 2. The highest BCUT2D eigenvalue weighted by molar-refractivity contribution is 7.81. The molecule has 12 nitrogen and oxygen atoms in total. The number of nitrogens with zero attached hydrogens (tertiary/aromatic N) is 6. The van der Waals surface area contributed by atoms with Crippen LogP contribution in [0.15, 0.2) is 23.3 Å². The molecule has 13 heteroatoms. The molecule has 0 aliphatic carbocycles. The number of rotatable bonds is 6. The zero-order valence-electron chi connectivity index (χ0n) is 18.6. The van der Waals surface area contributed by atoms with Crippen molar-refractivity contribution in [3.63, 3.8) is 0 Å².